The molecule has 0 aliphatic carbocycles. The number of nitriles is 1. The summed E-state index contributed by atoms with van der Waals surface area (Å²) in [5.41, 5.74) is 0.0863. The number of halogens is 3. The SMILES string of the molecule is CC(C#N)S(=O)(=O)Nc1cc(Cl)c(Cl)cc1Cl. The van der Waals surface area contributed by atoms with Gasteiger partial charge >= 0.3 is 0 Å². The minimum absolute atomic E-state index is 0.0863. The van der Waals surface area contributed by atoms with Gasteiger partial charge in [0, 0.05) is 0 Å². The minimum Gasteiger partial charge on any atom is -0.281 e. The van der Waals surface area contributed by atoms with Crippen molar-refractivity contribution in [3.05, 3.63) is 27.2 Å². The summed E-state index contributed by atoms with van der Waals surface area (Å²) in [5, 5.41) is 7.85. The quantitative estimate of drug-likeness (QED) is 0.870. The fourth-order valence-electron chi connectivity index (χ4n) is 0.912. The number of rotatable bonds is 3. The molecule has 0 aromatic heterocycles. The van der Waals surface area contributed by atoms with Crippen molar-refractivity contribution in [3.8, 4) is 6.07 Å². The molecule has 0 saturated heterocycles. The zero-order chi connectivity index (χ0) is 13.2. The number of anilines is 1. The van der Waals surface area contributed by atoms with Crippen molar-refractivity contribution in [1.29, 1.82) is 5.26 Å². The molecule has 1 aromatic rings. The number of benzene rings is 1. The molecule has 4 nitrogen and oxygen atoms in total. The Bertz CT molecular complexity index is 581. The monoisotopic (exact) mass is 312 g/mol. The van der Waals surface area contributed by atoms with E-state index in [1.165, 1.54) is 19.1 Å². The molecule has 0 fully saturated rings. The van der Waals surface area contributed by atoms with E-state index in [0.29, 0.717) is 0 Å². The molecule has 1 rings (SSSR count). The van der Waals surface area contributed by atoms with Crippen molar-refractivity contribution < 1.29 is 8.42 Å². The van der Waals surface area contributed by atoms with Gasteiger partial charge in [0.05, 0.1) is 26.8 Å². The lowest BCUT2D eigenvalue weighted by molar-refractivity contribution is 0.597. The summed E-state index contributed by atoms with van der Waals surface area (Å²) in [5.74, 6) is 0. The van der Waals surface area contributed by atoms with Gasteiger partial charge in [0.15, 0.2) is 5.25 Å². The molecule has 92 valence electrons. The molecule has 0 spiro atoms. The molecule has 0 heterocycles. The Labute approximate surface area is 114 Å². The Balaban J connectivity index is 3.14. The van der Waals surface area contributed by atoms with Gasteiger partial charge in [-0.3, -0.25) is 4.72 Å². The standard InChI is InChI=1S/C9H7Cl3N2O2S/c1-5(4-13)17(15,16)14-9-3-7(11)6(10)2-8(9)12/h2-3,5,14H,1H3. The molecule has 17 heavy (non-hydrogen) atoms. The minimum atomic E-state index is -3.81. The van der Waals surface area contributed by atoms with Crippen LogP contribution in [0, 0.1) is 11.3 Å². The first kappa shape index (κ1) is 14.4. The van der Waals surface area contributed by atoms with Crippen LogP contribution < -0.4 is 4.72 Å². The van der Waals surface area contributed by atoms with Crippen LogP contribution in [0.5, 0.6) is 0 Å². The predicted molar refractivity (Wildman–Crippen MR) is 69.1 cm³/mol. The molecule has 1 atom stereocenters. The second-order valence-electron chi connectivity index (χ2n) is 3.16. The average molecular weight is 314 g/mol. The lowest BCUT2D eigenvalue weighted by atomic mass is 10.3. The topological polar surface area (TPSA) is 70.0 Å². The van der Waals surface area contributed by atoms with Crippen LogP contribution in [0.2, 0.25) is 15.1 Å². The van der Waals surface area contributed by atoms with E-state index in [4.69, 9.17) is 40.1 Å². The molecule has 0 saturated carbocycles. The highest BCUT2D eigenvalue weighted by Gasteiger charge is 2.21. The van der Waals surface area contributed by atoms with Crippen molar-refractivity contribution >= 4 is 50.5 Å². The molecule has 0 aliphatic rings. The molecule has 1 unspecified atom stereocenters. The largest absolute Gasteiger partial charge is 0.281 e. The lowest BCUT2D eigenvalue weighted by Crippen LogP contribution is -2.23. The van der Waals surface area contributed by atoms with Crippen LogP contribution in [-0.4, -0.2) is 13.7 Å². The summed E-state index contributed by atoms with van der Waals surface area (Å²) in [6.45, 7) is 1.26. The van der Waals surface area contributed by atoms with Crippen LogP contribution >= 0.6 is 34.8 Å². The van der Waals surface area contributed by atoms with Gasteiger partial charge in [-0.2, -0.15) is 5.26 Å². The maximum Gasteiger partial charge on any atom is 0.248 e. The number of hydrogen-bond acceptors (Lipinski definition) is 3. The van der Waals surface area contributed by atoms with Crippen molar-refractivity contribution in [1.82, 2.24) is 0 Å². The van der Waals surface area contributed by atoms with Crippen LogP contribution in [0.1, 0.15) is 6.92 Å². The third-order valence-electron chi connectivity index (χ3n) is 1.91. The van der Waals surface area contributed by atoms with E-state index >= 15 is 0 Å². The van der Waals surface area contributed by atoms with Crippen LogP contribution in [-0.2, 0) is 10.0 Å². The fourth-order valence-corrected chi connectivity index (χ4v) is 2.35. The van der Waals surface area contributed by atoms with Gasteiger partial charge in [-0.25, -0.2) is 8.42 Å². The third-order valence-corrected chi connectivity index (χ3v) is 4.49. The molecule has 0 radical (unpaired) electrons. The number of nitrogens with one attached hydrogen (secondary N) is 1. The summed E-state index contributed by atoms with van der Waals surface area (Å²) in [7, 11) is -3.81. The Morgan fingerprint density at radius 2 is 1.76 bits per heavy atom. The zero-order valence-electron chi connectivity index (χ0n) is 8.54. The molecular weight excluding hydrogens is 307 g/mol. The van der Waals surface area contributed by atoms with Crippen LogP contribution in [0.25, 0.3) is 0 Å². The first-order valence-corrected chi connectivity index (χ1v) is 7.01. The fraction of sp³-hybridized carbons (Fsp3) is 0.222. The van der Waals surface area contributed by atoms with E-state index in [9.17, 15) is 8.42 Å². The second-order valence-corrected chi connectivity index (χ2v) is 6.39. The summed E-state index contributed by atoms with van der Waals surface area (Å²) in [4.78, 5) is 0. The third kappa shape index (κ3) is 3.39. The first-order valence-electron chi connectivity index (χ1n) is 4.33. The zero-order valence-corrected chi connectivity index (χ0v) is 11.6. The van der Waals surface area contributed by atoms with Gasteiger partial charge in [-0.1, -0.05) is 34.8 Å². The summed E-state index contributed by atoms with van der Waals surface area (Å²) >= 11 is 17.2. The second kappa shape index (κ2) is 5.32. The smallest absolute Gasteiger partial charge is 0.248 e. The van der Waals surface area contributed by atoms with Gasteiger partial charge in [0.1, 0.15) is 0 Å². The van der Waals surface area contributed by atoms with Gasteiger partial charge in [-0.05, 0) is 19.1 Å². The molecule has 8 heteroatoms. The van der Waals surface area contributed by atoms with Gasteiger partial charge < -0.3 is 0 Å². The van der Waals surface area contributed by atoms with E-state index < -0.39 is 15.3 Å². The lowest BCUT2D eigenvalue weighted by Gasteiger charge is -2.11. The molecule has 0 bridgehead atoms. The van der Waals surface area contributed by atoms with Crippen molar-refractivity contribution in [2.45, 2.75) is 12.2 Å². The molecule has 0 aliphatic heterocycles. The van der Waals surface area contributed by atoms with E-state index in [2.05, 4.69) is 4.72 Å². The van der Waals surface area contributed by atoms with Crippen LogP contribution in [0.3, 0.4) is 0 Å². The van der Waals surface area contributed by atoms with Gasteiger partial charge in [-0.15, -0.1) is 0 Å². The summed E-state index contributed by atoms with van der Waals surface area (Å²) in [6.07, 6.45) is 0. The number of hydrogen-bond donors (Lipinski definition) is 1. The van der Waals surface area contributed by atoms with Gasteiger partial charge in [0.2, 0.25) is 10.0 Å². The van der Waals surface area contributed by atoms with E-state index in [1.54, 1.807) is 6.07 Å². The summed E-state index contributed by atoms with van der Waals surface area (Å²) < 4.78 is 25.4. The van der Waals surface area contributed by atoms with Crippen molar-refractivity contribution in [2.75, 3.05) is 4.72 Å². The normalized spacial score (nSPS) is 12.9. The molecule has 0 amide bonds. The van der Waals surface area contributed by atoms with Crippen molar-refractivity contribution in [3.63, 3.8) is 0 Å². The first-order chi connectivity index (χ1) is 7.77. The highest BCUT2D eigenvalue weighted by Crippen LogP contribution is 2.32. The van der Waals surface area contributed by atoms with Crippen molar-refractivity contribution in [2.24, 2.45) is 0 Å². The van der Waals surface area contributed by atoms with Gasteiger partial charge in [0.25, 0.3) is 0 Å². The van der Waals surface area contributed by atoms with Crippen LogP contribution in [0.4, 0.5) is 5.69 Å². The molecule has 1 aromatic carbocycles. The highest BCUT2D eigenvalue weighted by atomic mass is 35.5. The Morgan fingerprint density at radius 1 is 1.24 bits per heavy atom. The highest BCUT2D eigenvalue weighted by molar-refractivity contribution is 7.93. The Morgan fingerprint density at radius 3 is 2.29 bits per heavy atom. The molecule has 1 N–H and O–H groups in total. The number of nitrogens with zero attached hydrogens (tertiary/aromatic N) is 1. The Hall–Kier alpha value is -0.670. The predicted octanol–water partition coefficient (Wildman–Crippen LogP) is 3.30. The van der Waals surface area contributed by atoms with E-state index in [1.807, 2.05) is 0 Å². The molecular formula is C9H7Cl3N2O2S. The maximum absolute atomic E-state index is 11.6. The van der Waals surface area contributed by atoms with E-state index in [0.717, 1.165) is 0 Å². The van der Waals surface area contributed by atoms with E-state index in [-0.39, 0.29) is 20.8 Å². The maximum atomic E-state index is 11.6. The number of sulfonamides is 1. The average Bonchev–Trinajstić information content (AvgIpc) is 2.24. The summed E-state index contributed by atoms with van der Waals surface area (Å²) in [6, 6.07) is 4.22. The van der Waals surface area contributed by atoms with Crippen LogP contribution in [0.15, 0.2) is 12.1 Å². The Kier molecular flexibility index (Phi) is 4.50.